The highest BCUT2D eigenvalue weighted by Gasteiger charge is 2.31. The van der Waals surface area contributed by atoms with Crippen LogP contribution in [0, 0.1) is 6.92 Å². The van der Waals surface area contributed by atoms with Gasteiger partial charge in [-0.2, -0.15) is 0 Å². The van der Waals surface area contributed by atoms with Gasteiger partial charge in [-0.05, 0) is 61.4 Å². The Morgan fingerprint density at radius 2 is 1.79 bits per heavy atom. The van der Waals surface area contributed by atoms with Crippen LogP contribution in [-0.4, -0.2) is 27.2 Å². The largest absolute Gasteiger partial charge is 0.573 e. The summed E-state index contributed by atoms with van der Waals surface area (Å²) in [5, 5.41) is 0. The molecule has 1 aliphatic rings. The number of amides is 1. The monoisotopic (exact) mass is 414 g/mol. The Bertz CT molecular complexity index is 989. The fourth-order valence-electron chi connectivity index (χ4n) is 2.94. The summed E-state index contributed by atoms with van der Waals surface area (Å²) in [6.07, 6.45) is -3.60. The molecule has 0 saturated carbocycles. The average molecular weight is 414 g/mol. The first-order valence-corrected chi connectivity index (χ1v) is 9.83. The van der Waals surface area contributed by atoms with Gasteiger partial charge in [0.1, 0.15) is 5.75 Å². The van der Waals surface area contributed by atoms with Gasteiger partial charge >= 0.3 is 6.36 Å². The molecule has 0 unspecified atom stereocenters. The third kappa shape index (κ3) is 4.56. The molecule has 0 aliphatic carbocycles. The van der Waals surface area contributed by atoms with E-state index in [9.17, 15) is 26.4 Å². The van der Waals surface area contributed by atoms with E-state index in [1.54, 1.807) is 17.9 Å². The van der Waals surface area contributed by atoms with Gasteiger partial charge in [0.2, 0.25) is 5.91 Å². The number of alkyl halides is 3. The molecule has 28 heavy (non-hydrogen) atoms. The molecule has 0 radical (unpaired) electrons. The number of carbonyl (C=O) groups is 1. The van der Waals surface area contributed by atoms with Crippen molar-refractivity contribution >= 4 is 27.3 Å². The number of rotatable bonds is 5. The molecule has 1 fully saturated rings. The normalized spacial score (nSPS) is 15.0. The molecule has 2 aromatic rings. The zero-order chi connectivity index (χ0) is 20.5. The molecule has 3 rings (SSSR count). The van der Waals surface area contributed by atoms with Crippen LogP contribution in [0.1, 0.15) is 18.4 Å². The SMILES string of the molecule is Cc1cc(S(=O)(=O)Nc2ccc(OC(F)(F)F)cc2)ccc1N1CCCC1=O. The first-order chi connectivity index (χ1) is 13.0. The van der Waals surface area contributed by atoms with Gasteiger partial charge in [0, 0.05) is 24.3 Å². The van der Waals surface area contributed by atoms with E-state index in [4.69, 9.17) is 0 Å². The average Bonchev–Trinajstić information content (AvgIpc) is 3.01. The number of benzene rings is 2. The number of ether oxygens (including phenoxy) is 1. The lowest BCUT2D eigenvalue weighted by Crippen LogP contribution is -2.24. The predicted molar refractivity (Wildman–Crippen MR) is 96.7 cm³/mol. The van der Waals surface area contributed by atoms with Crippen molar-refractivity contribution in [1.82, 2.24) is 0 Å². The van der Waals surface area contributed by atoms with Crippen LogP contribution in [0.4, 0.5) is 24.5 Å². The quantitative estimate of drug-likeness (QED) is 0.807. The van der Waals surface area contributed by atoms with Gasteiger partial charge in [-0.15, -0.1) is 13.2 Å². The van der Waals surface area contributed by atoms with Gasteiger partial charge in [0.15, 0.2) is 0 Å². The van der Waals surface area contributed by atoms with Gasteiger partial charge in [-0.1, -0.05) is 0 Å². The fourth-order valence-corrected chi connectivity index (χ4v) is 4.08. The van der Waals surface area contributed by atoms with Crippen molar-refractivity contribution in [3.63, 3.8) is 0 Å². The van der Waals surface area contributed by atoms with Crippen LogP contribution in [0.15, 0.2) is 47.4 Å². The van der Waals surface area contributed by atoms with Crippen LogP contribution in [0.5, 0.6) is 5.75 Å². The third-order valence-electron chi connectivity index (χ3n) is 4.18. The Balaban J connectivity index is 1.77. The second-order valence-electron chi connectivity index (χ2n) is 6.27. The number of hydrogen-bond donors (Lipinski definition) is 1. The van der Waals surface area contributed by atoms with Crippen LogP contribution in [0.25, 0.3) is 0 Å². The van der Waals surface area contributed by atoms with Gasteiger partial charge in [0.25, 0.3) is 10.0 Å². The summed E-state index contributed by atoms with van der Waals surface area (Å²) < 4.78 is 67.7. The maximum atomic E-state index is 12.6. The highest BCUT2D eigenvalue weighted by molar-refractivity contribution is 7.92. The standard InChI is InChI=1S/C18H17F3N2O4S/c1-12-11-15(8-9-16(12)23-10-2-3-17(23)24)28(25,26)22-13-4-6-14(7-5-13)27-18(19,20)21/h4-9,11,22H,2-3,10H2,1H3. The van der Waals surface area contributed by atoms with Crippen LogP contribution in [0.3, 0.4) is 0 Å². The molecule has 6 nitrogen and oxygen atoms in total. The molecule has 0 bridgehead atoms. The summed E-state index contributed by atoms with van der Waals surface area (Å²) >= 11 is 0. The molecule has 10 heteroatoms. The van der Waals surface area contributed by atoms with E-state index in [2.05, 4.69) is 9.46 Å². The molecule has 150 valence electrons. The molecular weight excluding hydrogens is 397 g/mol. The van der Waals surface area contributed by atoms with E-state index in [1.165, 1.54) is 24.3 Å². The smallest absolute Gasteiger partial charge is 0.406 e. The van der Waals surface area contributed by atoms with Crippen molar-refractivity contribution in [3.05, 3.63) is 48.0 Å². The number of nitrogens with one attached hydrogen (secondary N) is 1. The van der Waals surface area contributed by atoms with Crippen LogP contribution in [0.2, 0.25) is 0 Å². The lowest BCUT2D eigenvalue weighted by atomic mass is 10.2. The van der Waals surface area contributed by atoms with Gasteiger partial charge in [0.05, 0.1) is 4.90 Å². The first kappa shape index (κ1) is 20.0. The van der Waals surface area contributed by atoms with Crippen molar-refractivity contribution in [2.24, 2.45) is 0 Å². The topological polar surface area (TPSA) is 75.7 Å². The molecule has 0 atom stereocenters. The van der Waals surface area contributed by atoms with Crippen molar-refractivity contribution in [1.29, 1.82) is 0 Å². The molecule has 1 N–H and O–H groups in total. The van der Waals surface area contributed by atoms with Gasteiger partial charge in [-0.3, -0.25) is 9.52 Å². The second-order valence-corrected chi connectivity index (χ2v) is 7.96. The summed E-state index contributed by atoms with van der Waals surface area (Å²) in [6.45, 7) is 2.31. The van der Waals surface area contributed by atoms with Crippen molar-refractivity contribution in [3.8, 4) is 5.75 Å². The van der Waals surface area contributed by atoms with Crippen LogP contribution >= 0.6 is 0 Å². The van der Waals surface area contributed by atoms with Crippen molar-refractivity contribution in [2.75, 3.05) is 16.2 Å². The van der Waals surface area contributed by atoms with Crippen molar-refractivity contribution < 1.29 is 31.1 Å². The molecule has 0 spiro atoms. The van der Waals surface area contributed by atoms with Crippen LogP contribution < -0.4 is 14.4 Å². The molecule has 2 aromatic carbocycles. The zero-order valence-electron chi connectivity index (χ0n) is 14.8. The summed E-state index contributed by atoms with van der Waals surface area (Å²) in [5.74, 6) is -0.455. The maximum absolute atomic E-state index is 12.6. The number of nitrogens with zero attached hydrogens (tertiary/aromatic N) is 1. The molecule has 1 heterocycles. The van der Waals surface area contributed by atoms with E-state index >= 15 is 0 Å². The number of hydrogen-bond acceptors (Lipinski definition) is 4. The Morgan fingerprint density at radius 3 is 2.32 bits per heavy atom. The second kappa shape index (κ2) is 7.34. The minimum absolute atomic E-state index is 0.00185. The lowest BCUT2D eigenvalue weighted by Gasteiger charge is -2.19. The number of carbonyl (C=O) groups excluding carboxylic acids is 1. The molecular formula is C18H17F3N2O4S. The van der Waals surface area contributed by atoms with E-state index in [0.717, 1.165) is 18.6 Å². The molecule has 1 saturated heterocycles. The third-order valence-corrected chi connectivity index (χ3v) is 5.56. The fraction of sp³-hybridized carbons (Fsp3) is 0.278. The number of halogens is 3. The maximum Gasteiger partial charge on any atom is 0.573 e. The number of aryl methyl sites for hydroxylation is 1. The van der Waals surface area contributed by atoms with E-state index in [-0.39, 0.29) is 16.5 Å². The predicted octanol–water partition coefficient (Wildman–Crippen LogP) is 3.82. The summed E-state index contributed by atoms with van der Waals surface area (Å²) in [5.41, 5.74) is 1.38. The minimum atomic E-state index is -4.82. The molecule has 1 amide bonds. The van der Waals surface area contributed by atoms with Gasteiger partial charge in [-0.25, -0.2) is 8.42 Å². The Morgan fingerprint density at radius 1 is 1.11 bits per heavy atom. The summed E-state index contributed by atoms with van der Waals surface area (Å²) in [7, 11) is -3.95. The van der Waals surface area contributed by atoms with Crippen molar-refractivity contribution in [2.45, 2.75) is 31.0 Å². The minimum Gasteiger partial charge on any atom is -0.406 e. The van der Waals surface area contributed by atoms with E-state index < -0.39 is 22.1 Å². The van der Waals surface area contributed by atoms with Crippen LogP contribution in [-0.2, 0) is 14.8 Å². The molecule has 0 aromatic heterocycles. The lowest BCUT2D eigenvalue weighted by molar-refractivity contribution is -0.274. The summed E-state index contributed by atoms with van der Waals surface area (Å²) in [6, 6.07) is 8.78. The van der Waals surface area contributed by atoms with Gasteiger partial charge < -0.3 is 9.64 Å². The van der Waals surface area contributed by atoms with E-state index in [0.29, 0.717) is 24.2 Å². The zero-order valence-corrected chi connectivity index (χ0v) is 15.6. The first-order valence-electron chi connectivity index (χ1n) is 8.35. The molecule has 1 aliphatic heterocycles. The Hall–Kier alpha value is -2.75. The highest BCUT2D eigenvalue weighted by Crippen LogP contribution is 2.29. The Kier molecular flexibility index (Phi) is 5.24. The highest BCUT2D eigenvalue weighted by atomic mass is 32.2. The number of sulfonamides is 1. The number of anilines is 2. The Labute approximate surface area is 160 Å². The van der Waals surface area contributed by atoms with E-state index in [1.807, 2.05) is 0 Å². The summed E-state index contributed by atoms with van der Waals surface area (Å²) in [4.78, 5) is 13.5.